The zero-order valence-corrected chi connectivity index (χ0v) is 45.6. The van der Waals surface area contributed by atoms with E-state index in [0.717, 1.165) is 70.6 Å². The van der Waals surface area contributed by atoms with Crippen LogP contribution in [0.4, 0.5) is 0 Å². The van der Waals surface area contributed by atoms with Crippen LogP contribution in [0.5, 0.6) is 0 Å². The SMILES string of the molecule is CCCCCC/C=C\C/C=C\CCCCCCCCCC(=O)OC(COC(=O)CCCCCCCCCCC)COC(=O)CCCCCCCCCCCCC/C=C\CCCCCCCCCC. The molecule has 0 amide bonds. The molecular weight excluding hydrogens is 841 g/mol. The first-order chi connectivity index (χ1) is 33.5. The van der Waals surface area contributed by atoms with Gasteiger partial charge in [-0.1, -0.05) is 263 Å². The van der Waals surface area contributed by atoms with Gasteiger partial charge in [-0.15, -0.1) is 0 Å². The van der Waals surface area contributed by atoms with Crippen LogP contribution in [0.3, 0.4) is 0 Å². The number of hydrogen-bond donors (Lipinski definition) is 0. The minimum absolute atomic E-state index is 0.0723. The van der Waals surface area contributed by atoms with E-state index in [4.69, 9.17) is 14.2 Å². The molecule has 1 atom stereocenters. The summed E-state index contributed by atoms with van der Waals surface area (Å²) >= 11 is 0. The van der Waals surface area contributed by atoms with Gasteiger partial charge in [0.25, 0.3) is 0 Å². The van der Waals surface area contributed by atoms with Crippen molar-refractivity contribution in [1.82, 2.24) is 0 Å². The number of carbonyl (C=O) groups is 3. The quantitative estimate of drug-likeness (QED) is 0.0262. The molecule has 6 nitrogen and oxygen atoms in total. The van der Waals surface area contributed by atoms with Crippen LogP contribution >= 0.6 is 0 Å². The highest BCUT2D eigenvalue weighted by atomic mass is 16.6. The van der Waals surface area contributed by atoms with Gasteiger partial charge in [-0.2, -0.15) is 0 Å². The molecule has 1 unspecified atom stereocenters. The molecule has 0 aliphatic heterocycles. The third-order valence-corrected chi connectivity index (χ3v) is 13.4. The van der Waals surface area contributed by atoms with Gasteiger partial charge in [0, 0.05) is 19.3 Å². The summed E-state index contributed by atoms with van der Waals surface area (Å²) in [6, 6.07) is 0. The summed E-state index contributed by atoms with van der Waals surface area (Å²) in [7, 11) is 0. The highest BCUT2D eigenvalue weighted by Gasteiger charge is 2.19. The van der Waals surface area contributed by atoms with Crippen molar-refractivity contribution in [3.8, 4) is 0 Å². The Morgan fingerprint density at radius 2 is 0.529 bits per heavy atom. The van der Waals surface area contributed by atoms with E-state index in [9.17, 15) is 14.4 Å². The van der Waals surface area contributed by atoms with Crippen LogP contribution in [-0.4, -0.2) is 37.2 Å². The van der Waals surface area contributed by atoms with Crippen molar-refractivity contribution in [3.63, 3.8) is 0 Å². The minimum Gasteiger partial charge on any atom is -0.462 e. The first kappa shape index (κ1) is 65.6. The van der Waals surface area contributed by atoms with Crippen LogP contribution in [0.15, 0.2) is 36.5 Å². The van der Waals surface area contributed by atoms with Crippen LogP contribution in [0.1, 0.15) is 323 Å². The lowest BCUT2D eigenvalue weighted by Crippen LogP contribution is -2.30. The molecule has 0 rings (SSSR count). The van der Waals surface area contributed by atoms with Gasteiger partial charge in [-0.3, -0.25) is 14.4 Å². The minimum atomic E-state index is -0.773. The fourth-order valence-corrected chi connectivity index (χ4v) is 8.82. The van der Waals surface area contributed by atoms with Crippen LogP contribution < -0.4 is 0 Å². The molecule has 0 aliphatic carbocycles. The first-order valence-electron chi connectivity index (χ1n) is 30.0. The average Bonchev–Trinajstić information content (AvgIpc) is 3.34. The standard InChI is InChI=1S/C62H114O6/c1-4-7-10-13-16-19-21-23-25-27-29-30-31-32-33-35-36-38-40-43-46-49-52-55-61(64)67-58-59(57-66-60(63)54-51-48-45-42-18-15-12-9-6-3)68-62(65)56-53-50-47-44-41-39-37-34-28-26-24-22-20-17-14-11-8-5-2/h20,22,26-29,59H,4-19,21,23-25,30-58H2,1-3H3/b22-20-,28-26-,29-27-. The second-order valence-electron chi connectivity index (χ2n) is 20.3. The number of rotatable bonds is 55. The molecule has 0 heterocycles. The second kappa shape index (κ2) is 57.2. The van der Waals surface area contributed by atoms with Crippen LogP contribution in [0.2, 0.25) is 0 Å². The smallest absolute Gasteiger partial charge is 0.306 e. The van der Waals surface area contributed by atoms with Crippen molar-refractivity contribution in [3.05, 3.63) is 36.5 Å². The Hall–Kier alpha value is -2.37. The van der Waals surface area contributed by atoms with Gasteiger partial charge < -0.3 is 14.2 Å². The van der Waals surface area contributed by atoms with Gasteiger partial charge in [-0.05, 0) is 77.0 Å². The van der Waals surface area contributed by atoms with Gasteiger partial charge in [0.05, 0.1) is 0 Å². The lowest BCUT2D eigenvalue weighted by molar-refractivity contribution is -0.167. The fourth-order valence-electron chi connectivity index (χ4n) is 8.82. The highest BCUT2D eigenvalue weighted by Crippen LogP contribution is 2.16. The van der Waals surface area contributed by atoms with E-state index in [2.05, 4.69) is 57.2 Å². The molecular formula is C62H114O6. The van der Waals surface area contributed by atoms with Gasteiger partial charge >= 0.3 is 17.9 Å². The normalized spacial score (nSPS) is 12.2. The van der Waals surface area contributed by atoms with Crippen molar-refractivity contribution in [1.29, 1.82) is 0 Å². The monoisotopic (exact) mass is 955 g/mol. The van der Waals surface area contributed by atoms with Crippen LogP contribution in [-0.2, 0) is 28.6 Å². The van der Waals surface area contributed by atoms with E-state index in [0.29, 0.717) is 19.3 Å². The van der Waals surface area contributed by atoms with Crippen molar-refractivity contribution in [2.45, 2.75) is 329 Å². The van der Waals surface area contributed by atoms with Crippen molar-refractivity contribution >= 4 is 17.9 Å². The van der Waals surface area contributed by atoms with E-state index < -0.39 is 6.10 Å². The summed E-state index contributed by atoms with van der Waals surface area (Å²) < 4.78 is 16.8. The Balaban J connectivity index is 4.21. The van der Waals surface area contributed by atoms with E-state index in [1.165, 1.54) is 212 Å². The Morgan fingerprint density at radius 3 is 0.838 bits per heavy atom. The maximum absolute atomic E-state index is 12.8. The summed E-state index contributed by atoms with van der Waals surface area (Å²) in [5.41, 5.74) is 0. The van der Waals surface area contributed by atoms with E-state index in [1.54, 1.807) is 0 Å². The molecule has 398 valence electrons. The lowest BCUT2D eigenvalue weighted by atomic mass is 10.0. The Labute approximate surface area is 423 Å². The van der Waals surface area contributed by atoms with Crippen molar-refractivity contribution in [2.24, 2.45) is 0 Å². The number of unbranched alkanes of at least 4 members (excludes halogenated alkanes) is 38. The third-order valence-electron chi connectivity index (χ3n) is 13.4. The topological polar surface area (TPSA) is 78.9 Å². The molecule has 0 radical (unpaired) electrons. The van der Waals surface area contributed by atoms with Crippen molar-refractivity contribution < 1.29 is 28.6 Å². The molecule has 0 N–H and O–H groups in total. The van der Waals surface area contributed by atoms with E-state index >= 15 is 0 Å². The van der Waals surface area contributed by atoms with Gasteiger partial charge in [0.2, 0.25) is 0 Å². The third kappa shape index (κ3) is 54.6. The molecule has 0 aliphatic rings. The summed E-state index contributed by atoms with van der Waals surface area (Å²) in [5, 5.41) is 0. The number of carbonyl (C=O) groups excluding carboxylic acids is 3. The van der Waals surface area contributed by atoms with Gasteiger partial charge in [0.1, 0.15) is 13.2 Å². The molecule has 0 saturated carbocycles. The highest BCUT2D eigenvalue weighted by molar-refractivity contribution is 5.71. The lowest BCUT2D eigenvalue weighted by Gasteiger charge is -2.18. The second-order valence-corrected chi connectivity index (χ2v) is 20.3. The predicted octanol–water partition coefficient (Wildman–Crippen LogP) is 20.0. The average molecular weight is 956 g/mol. The molecule has 0 aromatic carbocycles. The molecule has 0 saturated heterocycles. The zero-order chi connectivity index (χ0) is 49.3. The molecule has 68 heavy (non-hydrogen) atoms. The Bertz CT molecular complexity index is 1140. The Morgan fingerprint density at radius 1 is 0.294 bits per heavy atom. The number of hydrogen-bond acceptors (Lipinski definition) is 6. The predicted molar refractivity (Wildman–Crippen MR) is 293 cm³/mol. The molecule has 0 spiro atoms. The number of esters is 3. The van der Waals surface area contributed by atoms with Crippen molar-refractivity contribution in [2.75, 3.05) is 13.2 Å². The van der Waals surface area contributed by atoms with Gasteiger partial charge in [0.15, 0.2) is 6.10 Å². The summed E-state index contributed by atoms with van der Waals surface area (Å²) in [4.78, 5) is 38.1. The maximum atomic E-state index is 12.8. The molecule has 6 heteroatoms. The largest absolute Gasteiger partial charge is 0.462 e. The fraction of sp³-hybridized carbons (Fsp3) is 0.855. The van der Waals surface area contributed by atoms with E-state index in [1.807, 2.05) is 0 Å². The van der Waals surface area contributed by atoms with Crippen LogP contribution in [0, 0.1) is 0 Å². The number of allylic oxidation sites excluding steroid dienone is 6. The Kier molecular flexibility index (Phi) is 55.2. The summed E-state index contributed by atoms with van der Waals surface area (Å²) in [5.74, 6) is -0.867. The summed E-state index contributed by atoms with van der Waals surface area (Å²) in [6.45, 7) is 6.64. The molecule has 0 aromatic heterocycles. The van der Waals surface area contributed by atoms with Gasteiger partial charge in [-0.25, -0.2) is 0 Å². The summed E-state index contributed by atoms with van der Waals surface area (Å²) in [6.07, 6.45) is 68.6. The number of ether oxygens (including phenoxy) is 3. The van der Waals surface area contributed by atoms with Crippen LogP contribution in [0.25, 0.3) is 0 Å². The maximum Gasteiger partial charge on any atom is 0.306 e. The molecule has 0 aromatic rings. The molecule has 0 bridgehead atoms. The van der Waals surface area contributed by atoms with E-state index in [-0.39, 0.29) is 31.1 Å². The molecule has 0 fully saturated rings. The zero-order valence-electron chi connectivity index (χ0n) is 45.6. The first-order valence-corrected chi connectivity index (χ1v) is 30.0.